The molecule has 2 aliphatic carbocycles. The second-order valence-electron chi connectivity index (χ2n) is 12.3. The van der Waals surface area contributed by atoms with Crippen molar-refractivity contribution in [1.82, 2.24) is 4.98 Å². The average Bonchev–Trinajstić information content (AvgIpc) is 3.46. The van der Waals surface area contributed by atoms with E-state index in [2.05, 4.69) is 103 Å². The minimum absolute atomic E-state index is 0.0979. The minimum atomic E-state index is 0.0979. The summed E-state index contributed by atoms with van der Waals surface area (Å²) in [5.41, 5.74) is 10.4. The summed E-state index contributed by atoms with van der Waals surface area (Å²) in [5.74, 6) is 0. The van der Waals surface area contributed by atoms with Crippen molar-refractivity contribution in [2.45, 2.75) is 96.4 Å². The largest absolute Gasteiger partial charge is 0.243 e. The average molecular weight is 426 g/mol. The van der Waals surface area contributed by atoms with Crippen molar-refractivity contribution in [2.24, 2.45) is 5.41 Å². The van der Waals surface area contributed by atoms with Crippen LogP contribution >= 0.6 is 0 Å². The van der Waals surface area contributed by atoms with E-state index in [1.807, 2.05) is 0 Å². The molecule has 2 heterocycles. The maximum Gasteiger partial charge on any atom is 0.232 e. The molecule has 6 rings (SSSR count). The lowest BCUT2D eigenvalue weighted by atomic mass is 9.59. The van der Waals surface area contributed by atoms with E-state index in [4.69, 9.17) is 4.98 Å². The number of nitrogens with zero attached hydrogens (tertiary/aromatic N) is 2. The lowest BCUT2D eigenvalue weighted by molar-refractivity contribution is -0.712. The second-order valence-corrected chi connectivity index (χ2v) is 12.3. The molecule has 0 amide bonds. The maximum absolute atomic E-state index is 5.08. The van der Waals surface area contributed by atoms with E-state index >= 15 is 0 Å². The molecular formula is C30H37N2+. The van der Waals surface area contributed by atoms with Gasteiger partial charge in [-0.05, 0) is 51.5 Å². The Balaban J connectivity index is 1.74. The third-order valence-corrected chi connectivity index (χ3v) is 11.1. The molecule has 32 heavy (non-hydrogen) atoms. The highest BCUT2D eigenvalue weighted by Crippen LogP contribution is 2.68. The first-order valence-electron chi connectivity index (χ1n) is 12.5. The molecule has 0 saturated heterocycles. The molecule has 0 radical (unpaired) electrons. The molecule has 0 N–H and O–H groups in total. The van der Waals surface area contributed by atoms with Crippen LogP contribution in [0.1, 0.15) is 91.3 Å². The van der Waals surface area contributed by atoms with Gasteiger partial charge in [0.15, 0.2) is 5.54 Å². The Morgan fingerprint density at radius 2 is 1.50 bits per heavy atom. The van der Waals surface area contributed by atoms with Gasteiger partial charge in [0, 0.05) is 18.9 Å². The van der Waals surface area contributed by atoms with Crippen molar-refractivity contribution in [2.75, 3.05) is 0 Å². The van der Waals surface area contributed by atoms with Gasteiger partial charge >= 0.3 is 0 Å². The zero-order chi connectivity index (χ0) is 22.9. The van der Waals surface area contributed by atoms with E-state index < -0.39 is 0 Å². The molecule has 0 bridgehead atoms. The number of hydrogen-bond acceptors (Lipinski definition) is 1. The van der Waals surface area contributed by atoms with Crippen LogP contribution in [0.5, 0.6) is 0 Å². The molecule has 1 saturated carbocycles. The molecule has 3 aromatic rings. The van der Waals surface area contributed by atoms with Gasteiger partial charge in [-0.25, -0.2) is 4.98 Å². The van der Waals surface area contributed by atoms with Gasteiger partial charge in [0.2, 0.25) is 11.2 Å². The van der Waals surface area contributed by atoms with Gasteiger partial charge in [0.1, 0.15) is 11.7 Å². The highest BCUT2D eigenvalue weighted by molar-refractivity contribution is 5.79. The van der Waals surface area contributed by atoms with E-state index in [9.17, 15) is 0 Å². The van der Waals surface area contributed by atoms with Gasteiger partial charge < -0.3 is 0 Å². The molecule has 2 nitrogen and oxygen atoms in total. The Hall–Kier alpha value is -2.22. The fourth-order valence-corrected chi connectivity index (χ4v) is 7.80. The molecule has 1 aromatic heterocycles. The lowest BCUT2D eigenvalue weighted by Gasteiger charge is -2.44. The van der Waals surface area contributed by atoms with Crippen molar-refractivity contribution < 1.29 is 4.57 Å². The van der Waals surface area contributed by atoms with Crippen LogP contribution in [-0.2, 0) is 21.8 Å². The number of rotatable bonds is 2. The summed E-state index contributed by atoms with van der Waals surface area (Å²) in [4.78, 5) is 5.08. The number of fused-ring (bicyclic) bond motifs is 9. The Morgan fingerprint density at radius 3 is 2.16 bits per heavy atom. The Morgan fingerprint density at radius 1 is 0.844 bits per heavy atom. The van der Waals surface area contributed by atoms with Gasteiger partial charge in [0.25, 0.3) is 0 Å². The first-order chi connectivity index (χ1) is 15.0. The first-order valence-corrected chi connectivity index (χ1v) is 12.5. The van der Waals surface area contributed by atoms with Crippen LogP contribution in [0.4, 0.5) is 0 Å². The summed E-state index contributed by atoms with van der Waals surface area (Å²) >= 11 is 0. The molecule has 2 atom stereocenters. The number of aromatic nitrogens is 2. The van der Waals surface area contributed by atoms with Crippen LogP contribution in [-0.4, -0.2) is 4.98 Å². The smallest absolute Gasteiger partial charge is 0.232 e. The van der Waals surface area contributed by atoms with Crippen LogP contribution in [0.3, 0.4) is 0 Å². The third-order valence-electron chi connectivity index (χ3n) is 11.1. The Bertz CT molecular complexity index is 1310. The van der Waals surface area contributed by atoms with Gasteiger partial charge in [-0.15, -0.1) is 0 Å². The fraction of sp³-hybridized carbons (Fsp3) is 0.533. The van der Waals surface area contributed by atoms with Crippen LogP contribution in [0.25, 0.3) is 22.3 Å². The van der Waals surface area contributed by atoms with Crippen molar-refractivity contribution >= 4 is 11.0 Å². The molecule has 2 aromatic carbocycles. The second kappa shape index (κ2) is 5.64. The molecule has 2 unspecified atom stereocenters. The molecule has 3 aliphatic rings. The van der Waals surface area contributed by atoms with Crippen molar-refractivity contribution in [3.8, 4) is 11.3 Å². The van der Waals surface area contributed by atoms with E-state index in [0.29, 0.717) is 0 Å². The summed E-state index contributed by atoms with van der Waals surface area (Å²) < 4.78 is 2.72. The van der Waals surface area contributed by atoms with Gasteiger partial charge in [-0.1, -0.05) is 73.6 Å². The molecule has 1 aliphatic heterocycles. The van der Waals surface area contributed by atoms with Gasteiger partial charge in [-0.2, -0.15) is 4.57 Å². The van der Waals surface area contributed by atoms with Crippen molar-refractivity contribution in [1.29, 1.82) is 0 Å². The standard InChI is InChI=1S/C30H37N2/c1-9-29-18-30(29,10-2)32-24-16-22-21(26(3,4)28(7,8)27(22,5)6)15-23(24)31-17-25(32)19-13-11-12-14-20(19)29/h11-17H,9-10,18H2,1-8H3/q+1. The maximum atomic E-state index is 5.08. The molecule has 0 spiro atoms. The molecular weight excluding hydrogens is 388 g/mol. The minimum Gasteiger partial charge on any atom is -0.243 e. The van der Waals surface area contributed by atoms with E-state index in [0.717, 1.165) is 11.9 Å². The van der Waals surface area contributed by atoms with E-state index in [1.165, 1.54) is 46.3 Å². The predicted molar refractivity (Wildman–Crippen MR) is 132 cm³/mol. The topological polar surface area (TPSA) is 16.8 Å². The molecule has 166 valence electrons. The van der Waals surface area contributed by atoms with Crippen molar-refractivity contribution in [3.05, 3.63) is 59.3 Å². The van der Waals surface area contributed by atoms with Gasteiger partial charge in [-0.3, -0.25) is 0 Å². The lowest BCUT2D eigenvalue weighted by Crippen LogP contribution is -2.55. The van der Waals surface area contributed by atoms with Crippen LogP contribution in [0.15, 0.2) is 42.6 Å². The predicted octanol–water partition coefficient (Wildman–Crippen LogP) is 6.95. The van der Waals surface area contributed by atoms with Crippen LogP contribution < -0.4 is 4.57 Å². The summed E-state index contributed by atoms with van der Waals surface area (Å²) in [7, 11) is 0. The van der Waals surface area contributed by atoms with Crippen LogP contribution in [0, 0.1) is 5.41 Å². The number of hydrogen-bond donors (Lipinski definition) is 0. The van der Waals surface area contributed by atoms with Crippen LogP contribution in [0.2, 0.25) is 0 Å². The zero-order valence-electron chi connectivity index (χ0n) is 21.1. The Kier molecular flexibility index (Phi) is 3.59. The summed E-state index contributed by atoms with van der Waals surface area (Å²) in [6, 6.07) is 14.1. The summed E-state index contributed by atoms with van der Waals surface area (Å²) in [5, 5.41) is 0. The first kappa shape index (κ1) is 20.4. The zero-order valence-corrected chi connectivity index (χ0v) is 21.1. The molecule has 1 fully saturated rings. The highest BCUT2D eigenvalue weighted by Gasteiger charge is 2.77. The van der Waals surface area contributed by atoms with Crippen molar-refractivity contribution in [3.63, 3.8) is 0 Å². The van der Waals surface area contributed by atoms with E-state index in [-0.39, 0.29) is 27.2 Å². The SMILES string of the molecule is CCC12CC1(CC)[n+]1c(cnc3cc4c(cc31)C(C)(C)C(C)(C)C4(C)C)-c1ccccc12. The quantitative estimate of drug-likeness (QED) is 0.406. The Labute approximate surface area is 193 Å². The highest BCUT2D eigenvalue weighted by atomic mass is 15.2. The monoisotopic (exact) mass is 425 g/mol. The number of benzene rings is 2. The van der Waals surface area contributed by atoms with Gasteiger partial charge in [0.05, 0.1) is 11.0 Å². The van der Waals surface area contributed by atoms with E-state index in [1.54, 1.807) is 0 Å². The third kappa shape index (κ3) is 1.89. The fourth-order valence-electron chi connectivity index (χ4n) is 7.80. The summed E-state index contributed by atoms with van der Waals surface area (Å²) in [6.07, 6.45) is 5.73. The normalized spacial score (nSPS) is 29.8. The molecule has 2 heteroatoms. The summed E-state index contributed by atoms with van der Waals surface area (Å²) in [6.45, 7) is 19.4.